The third-order valence-corrected chi connectivity index (χ3v) is 3.40. The Labute approximate surface area is 132 Å². The Morgan fingerprint density at radius 2 is 1.77 bits per heavy atom. The summed E-state index contributed by atoms with van der Waals surface area (Å²) in [5, 5.41) is 3.44. The van der Waals surface area contributed by atoms with E-state index in [0.29, 0.717) is 13.2 Å². The molecule has 2 aromatic rings. The molecule has 0 bridgehead atoms. The van der Waals surface area contributed by atoms with Crippen molar-refractivity contribution < 1.29 is 14.2 Å². The van der Waals surface area contributed by atoms with Crippen molar-refractivity contribution in [1.29, 1.82) is 0 Å². The highest BCUT2D eigenvalue weighted by Gasteiger charge is 2.06. The number of para-hydroxylation sites is 1. The van der Waals surface area contributed by atoms with Crippen LogP contribution in [-0.4, -0.2) is 27.4 Å². The molecule has 0 saturated heterocycles. The van der Waals surface area contributed by atoms with Crippen LogP contribution >= 0.6 is 0 Å². The average Bonchev–Trinajstić information content (AvgIpc) is 2.55. The standard InChI is InChI=1S/C18H23NO3/c1-14-6-4-5-7-16(14)19-13-15-8-9-17(18(12-15)21-3)22-11-10-20-2/h4-9,12,19H,10-11,13H2,1-3H3. The Morgan fingerprint density at radius 1 is 0.955 bits per heavy atom. The highest BCUT2D eigenvalue weighted by molar-refractivity contribution is 5.51. The minimum Gasteiger partial charge on any atom is -0.493 e. The maximum Gasteiger partial charge on any atom is 0.161 e. The van der Waals surface area contributed by atoms with Gasteiger partial charge in [0.1, 0.15) is 6.61 Å². The number of nitrogens with one attached hydrogen (secondary N) is 1. The van der Waals surface area contributed by atoms with E-state index < -0.39 is 0 Å². The van der Waals surface area contributed by atoms with Crippen LogP contribution < -0.4 is 14.8 Å². The van der Waals surface area contributed by atoms with E-state index in [1.54, 1.807) is 14.2 Å². The molecule has 0 saturated carbocycles. The predicted octanol–water partition coefficient (Wildman–Crippen LogP) is 3.64. The molecule has 0 aliphatic rings. The van der Waals surface area contributed by atoms with E-state index in [1.807, 2.05) is 30.3 Å². The number of hydrogen-bond acceptors (Lipinski definition) is 4. The van der Waals surface area contributed by atoms with Gasteiger partial charge in [0.25, 0.3) is 0 Å². The summed E-state index contributed by atoms with van der Waals surface area (Å²) in [6, 6.07) is 14.2. The summed E-state index contributed by atoms with van der Waals surface area (Å²) in [6.45, 7) is 3.89. The number of anilines is 1. The minimum atomic E-state index is 0.508. The van der Waals surface area contributed by atoms with E-state index in [4.69, 9.17) is 14.2 Å². The number of ether oxygens (including phenoxy) is 3. The molecule has 2 rings (SSSR count). The normalized spacial score (nSPS) is 10.3. The molecule has 22 heavy (non-hydrogen) atoms. The van der Waals surface area contributed by atoms with Crippen molar-refractivity contribution in [2.45, 2.75) is 13.5 Å². The molecule has 118 valence electrons. The largest absolute Gasteiger partial charge is 0.493 e. The summed E-state index contributed by atoms with van der Waals surface area (Å²) in [4.78, 5) is 0. The van der Waals surface area contributed by atoms with Crippen molar-refractivity contribution >= 4 is 5.69 Å². The lowest BCUT2D eigenvalue weighted by Crippen LogP contribution is -2.06. The van der Waals surface area contributed by atoms with Crippen LogP contribution in [0.1, 0.15) is 11.1 Å². The van der Waals surface area contributed by atoms with Crippen molar-refractivity contribution in [3.63, 3.8) is 0 Å². The van der Waals surface area contributed by atoms with Crippen LogP contribution in [0.5, 0.6) is 11.5 Å². The van der Waals surface area contributed by atoms with E-state index in [-0.39, 0.29) is 0 Å². The molecule has 1 N–H and O–H groups in total. The smallest absolute Gasteiger partial charge is 0.161 e. The fourth-order valence-corrected chi connectivity index (χ4v) is 2.14. The zero-order valence-electron chi connectivity index (χ0n) is 13.4. The molecule has 2 aromatic carbocycles. The first-order valence-electron chi connectivity index (χ1n) is 7.32. The van der Waals surface area contributed by atoms with E-state index in [2.05, 4.69) is 24.4 Å². The summed E-state index contributed by atoms with van der Waals surface area (Å²) < 4.78 is 16.0. The molecular weight excluding hydrogens is 278 g/mol. The fraction of sp³-hybridized carbons (Fsp3) is 0.333. The molecule has 0 atom stereocenters. The SMILES string of the molecule is COCCOc1ccc(CNc2ccccc2C)cc1OC. The molecule has 0 aliphatic heterocycles. The number of methoxy groups -OCH3 is 2. The van der Waals surface area contributed by atoms with Crippen LogP contribution in [0.2, 0.25) is 0 Å². The summed E-state index contributed by atoms with van der Waals surface area (Å²) >= 11 is 0. The van der Waals surface area contributed by atoms with Gasteiger partial charge in [0.05, 0.1) is 13.7 Å². The second-order valence-electron chi connectivity index (χ2n) is 4.99. The molecule has 0 spiro atoms. The van der Waals surface area contributed by atoms with Crippen LogP contribution in [0.15, 0.2) is 42.5 Å². The third kappa shape index (κ3) is 4.40. The number of hydrogen-bond donors (Lipinski definition) is 1. The van der Waals surface area contributed by atoms with Crippen molar-refractivity contribution in [1.82, 2.24) is 0 Å². The van der Waals surface area contributed by atoms with Gasteiger partial charge in [-0.25, -0.2) is 0 Å². The zero-order valence-corrected chi connectivity index (χ0v) is 13.4. The molecular formula is C18H23NO3. The minimum absolute atomic E-state index is 0.508. The van der Waals surface area contributed by atoms with E-state index in [0.717, 1.165) is 29.3 Å². The second-order valence-corrected chi connectivity index (χ2v) is 4.99. The molecule has 0 amide bonds. The monoisotopic (exact) mass is 301 g/mol. The molecule has 4 heteroatoms. The highest BCUT2D eigenvalue weighted by atomic mass is 16.5. The van der Waals surface area contributed by atoms with E-state index in [9.17, 15) is 0 Å². The first-order chi connectivity index (χ1) is 10.7. The van der Waals surface area contributed by atoms with Gasteiger partial charge in [0.2, 0.25) is 0 Å². The van der Waals surface area contributed by atoms with Crippen LogP contribution in [-0.2, 0) is 11.3 Å². The Balaban J connectivity index is 2.01. The Kier molecular flexibility index (Phi) is 6.10. The Morgan fingerprint density at radius 3 is 2.50 bits per heavy atom. The quantitative estimate of drug-likeness (QED) is 0.756. The number of aryl methyl sites for hydroxylation is 1. The summed E-state index contributed by atoms with van der Waals surface area (Å²) in [5.74, 6) is 1.47. The van der Waals surface area contributed by atoms with Gasteiger partial charge in [-0.3, -0.25) is 0 Å². The lowest BCUT2D eigenvalue weighted by molar-refractivity contribution is 0.144. The summed E-state index contributed by atoms with van der Waals surface area (Å²) in [7, 11) is 3.30. The van der Waals surface area contributed by atoms with Crippen molar-refractivity contribution in [2.75, 3.05) is 32.8 Å². The molecule has 0 aliphatic carbocycles. The summed E-state index contributed by atoms with van der Waals surface area (Å²) in [5.41, 5.74) is 3.51. The van der Waals surface area contributed by atoms with Gasteiger partial charge in [-0.1, -0.05) is 24.3 Å². The van der Waals surface area contributed by atoms with Gasteiger partial charge in [-0.05, 0) is 36.2 Å². The summed E-state index contributed by atoms with van der Waals surface area (Å²) in [6.07, 6.45) is 0. The first-order valence-corrected chi connectivity index (χ1v) is 7.32. The Hall–Kier alpha value is -2.20. The lowest BCUT2D eigenvalue weighted by atomic mass is 10.1. The zero-order chi connectivity index (χ0) is 15.8. The molecule has 0 unspecified atom stereocenters. The van der Waals surface area contributed by atoms with Crippen LogP contribution in [0.25, 0.3) is 0 Å². The van der Waals surface area contributed by atoms with Crippen LogP contribution in [0.3, 0.4) is 0 Å². The average molecular weight is 301 g/mol. The predicted molar refractivity (Wildman–Crippen MR) is 88.9 cm³/mol. The second kappa shape index (κ2) is 8.29. The van der Waals surface area contributed by atoms with Crippen molar-refractivity contribution in [2.24, 2.45) is 0 Å². The van der Waals surface area contributed by atoms with E-state index >= 15 is 0 Å². The van der Waals surface area contributed by atoms with Crippen molar-refractivity contribution in [3.05, 3.63) is 53.6 Å². The van der Waals surface area contributed by atoms with Gasteiger partial charge in [0, 0.05) is 19.3 Å². The maximum atomic E-state index is 5.63. The third-order valence-electron chi connectivity index (χ3n) is 3.40. The number of benzene rings is 2. The van der Waals surface area contributed by atoms with Crippen LogP contribution in [0.4, 0.5) is 5.69 Å². The molecule has 4 nitrogen and oxygen atoms in total. The lowest BCUT2D eigenvalue weighted by Gasteiger charge is -2.13. The highest BCUT2D eigenvalue weighted by Crippen LogP contribution is 2.28. The molecule has 0 aromatic heterocycles. The molecule has 0 fully saturated rings. The fourth-order valence-electron chi connectivity index (χ4n) is 2.14. The topological polar surface area (TPSA) is 39.7 Å². The van der Waals surface area contributed by atoms with Crippen molar-refractivity contribution in [3.8, 4) is 11.5 Å². The van der Waals surface area contributed by atoms with Crippen LogP contribution in [0, 0.1) is 6.92 Å². The van der Waals surface area contributed by atoms with Gasteiger partial charge in [-0.15, -0.1) is 0 Å². The molecule has 0 radical (unpaired) electrons. The van der Waals surface area contributed by atoms with Gasteiger partial charge >= 0.3 is 0 Å². The Bertz CT molecular complexity index is 599. The first kappa shape index (κ1) is 16.2. The molecule has 0 heterocycles. The maximum absolute atomic E-state index is 5.63. The van der Waals surface area contributed by atoms with Gasteiger partial charge in [0.15, 0.2) is 11.5 Å². The van der Waals surface area contributed by atoms with Gasteiger partial charge < -0.3 is 19.5 Å². The van der Waals surface area contributed by atoms with Gasteiger partial charge in [-0.2, -0.15) is 0 Å². The number of rotatable bonds is 8. The van der Waals surface area contributed by atoms with E-state index in [1.165, 1.54) is 5.56 Å².